The molecule has 0 rings (SSSR count). The molecule has 6 heteroatoms. The number of hydrogen-bond acceptors (Lipinski definition) is 3. The maximum atomic E-state index is 11.8. The minimum atomic E-state index is -2.21. The van der Waals surface area contributed by atoms with E-state index in [1.165, 1.54) is 0 Å². The van der Waals surface area contributed by atoms with Crippen LogP contribution < -0.4 is 5.32 Å². The first kappa shape index (κ1) is 17.0. The average molecular weight is 275 g/mol. The van der Waals surface area contributed by atoms with Gasteiger partial charge in [-0.15, -0.1) is 0 Å². The van der Waals surface area contributed by atoms with Gasteiger partial charge in [0.2, 0.25) is 0 Å². The molecule has 0 fully saturated rings. The van der Waals surface area contributed by atoms with Gasteiger partial charge in [0.25, 0.3) is 8.32 Å². The first-order chi connectivity index (χ1) is 7.88. The molecule has 0 saturated heterocycles. The van der Waals surface area contributed by atoms with Crippen LogP contribution in [0.4, 0.5) is 4.79 Å². The Morgan fingerprint density at radius 1 is 1.22 bits per heavy atom. The molecule has 1 unspecified atom stereocenters. The maximum Gasteiger partial charge on any atom is 0.394 e. The highest BCUT2D eigenvalue weighted by Crippen LogP contribution is 2.36. The molecule has 1 amide bonds. The molecule has 2 N–H and O–H groups in total. The van der Waals surface area contributed by atoms with E-state index in [1.807, 2.05) is 33.9 Å². The number of amides is 1. The SMILES string of the molecule is CC(C)C(NC(=O)O[Si](C)(C)C(C)(C)C)C(=O)O. The zero-order valence-electron chi connectivity index (χ0n) is 12.3. The van der Waals surface area contributed by atoms with Gasteiger partial charge in [-0.25, -0.2) is 9.59 Å². The van der Waals surface area contributed by atoms with Gasteiger partial charge >= 0.3 is 12.1 Å². The lowest BCUT2D eigenvalue weighted by molar-refractivity contribution is -0.140. The van der Waals surface area contributed by atoms with Crippen molar-refractivity contribution in [2.24, 2.45) is 5.92 Å². The highest BCUT2D eigenvalue weighted by Gasteiger charge is 2.41. The van der Waals surface area contributed by atoms with E-state index in [-0.39, 0.29) is 11.0 Å². The number of carbonyl (C=O) groups excluding carboxylic acids is 1. The Balaban J connectivity index is 4.66. The van der Waals surface area contributed by atoms with E-state index in [9.17, 15) is 9.59 Å². The summed E-state index contributed by atoms with van der Waals surface area (Å²) in [6.07, 6.45) is -0.636. The van der Waals surface area contributed by atoms with Crippen molar-refractivity contribution >= 4 is 20.4 Å². The molecule has 0 aliphatic carbocycles. The fraction of sp³-hybridized carbons (Fsp3) is 0.833. The number of carbonyl (C=O) groups is 2. The summed E-state index contributed by atoms with van der Waals surface area (Å²) < 4.78 is 5.46. The molecule has 0 aromatic heterocycles. The third-order valence-corrected chi connectivity index (χ3v) is 7.67. The molecule has 0 aromatic rings. The molecule has 0 bridgehead atoms. The number of aliphatic carboxylic acids is 1. The largest absolute Gasteiger partial charge is 0.504 e. The molecule has 0 heterocycles. The first-order valence-electron chi connectivity index (χ1n) is 6.11. The molecule has 0 aliphatic heterocycles. The lowest BCUT2D eigenvalue weighted by atomic mass is 10.1. The van der Waals surface area contributed by atoms with Crippen molar-refractivity contribution < 1.29 is 19.1 Å². The lowest BCUT2D eigenvalue weighted by Crippen LogP contribution is -2.50. The molecular weight excluding hydrogens is 250 g/mol. The Kier molecular flexibility index (Phi) is 5.40. The maximum absolute atomic E-state index is 11.8. The third-order valence-electron chi connectivity index (χ3n) is 3.36. The zero-order chi connectivity index (χ0) is 14.7. The van der Waals surface area contributed by atoms with Gasteiger partial charge in [-0.2, -0.15) is 0 Å². The van der Waals surface area contributed by atoms with Crippen LogP contribution in [0.25, 0.3) is 0 Å². The normalized spacial score (nSPS) is 14.2. The summed E-state index contributed by atoms with van der Waals surface area (Å²) in [6, 6.07) is -0.915. The number of carboxylic acids is 1. The van der Waals surface area contributed by atoms with E-state index in [0.29, 0.717) is 0 Å². The minimum Gasteiger partial charge on any atom is -0.504 e. The van der Waals surface area contributed by atoms with E-state index in [2.05, 4.69) is 5.32 Å². The van der Waals surface area contributed by atoms with Gasteiger partial charge in [0.15, 0.2) is 0 Å². The van der Waals surface area contributed by atoms with Crippen LogP contribution >= 0.6 is 0 Å². The topological polar surface area (TPSA) is 75.6 Å². The number of carboxylic acid groups (broad SMARTS) is 1. The summed E-state index contributed by atoms with van der Waals surface area (Å²) in [5, 5.41) is 11.3. The van der Waals surface area contributed by atoms with Gasteiger partial charge in [0.05, 0.1) is 0 Å². The quantitative estimate of drug-likeness (QED) is 0.774. The highest BCUT2D eigenvalue weighted by molar-refractivity contribution is 6.75. The van der Waals surface area contributed by atoms with Crippen molar-refractivity contribution in [3.8, 4) is 0 Å². The van der Waals surface area contributed by atoms with Gasteiger partial charge in [-0.3, -0.25) is 0 Å². The second-order valence-corrected chi connectivity index (χ2v) is 11.1. The van der Waals surface area contributed by atoms with Crippen molar-refractivity contribution in [3.05, 3.63) is 0 Å². The minimum absolute atomic E-state index is 0.0963. The number of hydrogen-bond donors (Lipinski definition) is 2. The molecule has 0 radical (unpaired) electrons. The zero-order valence-corrected chi connectivity index (χ0v) is 13.3. The van der Waals surface area contributed by atoms with Gasteiger partial charge in [-0.05, 0) is 24.1 Å². The Bertz CT molecular complexity index is 321. The Morgan fingerprint density at radius 3 is 1.94 bits per heavy atom. The highest BCUT2D eigenvalue weighted by atomic mass is 28.4. The summed E-state index contributed by atoms with van der Waals surface area (Å²) in [4.78, 5) is 22.7. The van der Waals surface area contributed by atoms with Crippen LogP contribution in [0.1, 0.15) is 34.6 Å². The Morgan fingerprint density at radius 2 is 1.67 bits per heavy atom. The summed E-state index contributed by atoms with van der Waals surface area (Å²) >= 11 is 0. The van der Waals surface area contributed by atoms with Crippen LogP contribution in [-0.2, 0) is 9.22 Å². The van der Waals surface area contributed by atoms with E-state index in [1.54, 1.807) is 13.8 Å². The van der Waals surface area contributed by atoms with Crippen molar-refractivity contribution in [1.29, 1.82) is 0 Å². The summed E-state index contributed by atoms with van der Waals surface area (Å²) in [5.74, 6) is -1.23. The molecule has 18 heavy (non-hydrogen) atoms. The van der Waals surface area contributed by atoms with Gasteiger partial charge in [0.1, 0.15) is 6.04 Å². The Hall–Kier alpha value is -1.04. The van der Waals surface area contributed by atoms with Crippen LogP contribution in [-0.4, -0.2) is 31.5 Å². The van der Waals surface area contributed by atoms with Gasteiger partial charge in [-0.1, -0.05) is 34.6 Å². The molecule has 5 nitrogen and oxygen atoms in total. The second-order valence-electron chi connectivity index (χ2n) is 6.35. The predicted molar refractivity (Wildman–Crippen MR) is 73.1 cm³/mol. The molecule has 0 aromatic carbocycles. The van der Waals surface area contributed by atoms with E-state index >= 15 is 0 Å². The van der Waals surface area contributed by atoms with Crippen LogP contribution in [0.5, 0.6) is 0 Å². The molecule has 1 atom stereocenters. The van der Waals surface area contributed by atoms with Gasteiger partial charge in [0, 0.05) is 0 Å². The number of rotatable bonds is 4. The van der Waals surface area contributed by atoms with Crippen LogP contribution in [0.15, 0.2) is 0 Å². The summed E-state index contributed by atoms with van der Waals surface area (Å²) in [5.41, 5.74) is 0. The van der Waals surface area contributed by atoms with E-state index < -0.39 is 26.4 Å². The first-order valence-corrected chi connectivity index (χ1v) is 9.01. The average Bonchev–Trinajstić information content (AvgIpc) is 2.10. The van der Waals surface area contributed by atoms with Crippen molar-refractivity contribution in [3.63, 3.8) is 0 Å². The van der Waals surface area contributed by atoms with Crippen molar-refractivity contribution in [2.45, 2.75) is 58.8 Å². The molecule has 0 spiro atoms. The van der Waals surface area contributed by atoms with Crippen LogP contribution in [0.3, 0.4) is 0 Å². The molecular formula is C12H25NO4Si. The summed E-state index contributed by atoms with van der Waals surface area (Å²) in [7, 11) is -2.21. The number of nitrogens with one attached hydrogen (secondary N) is 1. The van der Waals surface area contributed by atoms with Crippen LogP contribution in [0.2, 0.25) is 18.1 Å². The predicted octanol–water partition coefficient (Wildman–Crippen LogP) is 2.83. The fourth-order valence-corrected chi connectivity index (χ4v) is 1.88. The van der Waals surface area contributed by atoms with E-state index in [4.69, 9.17) is 9.53 Å². The molecule has 0 aliphatic rings. The summed E-state index contributed by atoms with van der Waals surface area (Å²) in [6.45, 7) is 13.4. The monoisotopic (exact) mass is 275 g/mol. The van der Waals surface area contributed by atoms with Gasteiger partial charge < -0.3 is 14.8 Å². The third kappa shape index (κ3) is 4.68. The molecule has 106 valence electrons. The lowest BCUT2D eigenvalue weighted by Gasteiger charge is -2.35. The Labute approximate surface area is 110 Å². The standard InChI is InChI=1S/C12H25NO4Si/c1-8(2)9(10(14)15)13-11(16)17-18(6,7)12(3,4)5/h8-9H,1-7H3,(H,13,16)(H,14,15). The van der Waals surface area contributed by atoms with Crippen LogP contribution in [0, 0.1) is 5.92 Å². The smallest absolute Gasteiger partial charge is 0.394 e. The van der Waals surface area contributed by atoms with E-state index in [0.717, 1.165) is 0 Å². The fourth-order valence-electron chi connectivity index (χ4n) is 1.05. The van der Waals surface area contributed by atoms with Crippen molar-refractivity contribution in [1.82, 2.24) is 5.32 Å². The molecule has 0 saturated carbocycles. The van der Waals surface area contributed by atoms with Crippen molar-refractivity contribution in [2.75, 3.05) is 0 Å². The second kappa shape index (κ2) is 5.73.